The van der Waals surface area contributed by atoms with Crippen LogP contribution in [0.4, 0.5) is 5.82 Å². The Morgan fingerprint density at radius 2 is 1.84 bits per heavy atom. The van der Waals surface area contributed by atoms with Gasteiger partial charge < -0.3 is 10.8 Å². The SMILES string of the molecule is Cc1cc(C)c(-n2nc(C)c(C(=O)O)c2N)nc1C. The van der Waals surface area contributed by atoms with E-state index in [9.17, 15) is 4.79 Å². The number of nitrogen functional groups attached to an aromatic ring is 1. The van der Waals surface area contributed by atoms with Crippen LogP contribution in [0, 0.1) is 27.7 Å². The average molecular weight is 260 g/mol. The number of carboxylic acids is 1. The first kappa shape index (κ1) is 13.1. The van der Waals surface area contributed by atoms with Crippen LogP contribution in [0.3, 0.4) is 0 Å². The van der Waals surface area contributed by atoms with Gasteiger partial charge in [-0.25, -0.2) is 9.78 Å². The van der Waals surface area contributed by atoms with Crippen LogP contribution >= 0.6 is 0 Å². The van der Waals surface area contributed by atoms with E-state index in [0.29, 0.717) is 11.5 Å². The minimum absolute atomic E-state index is 0.0272. The third kappa shape index (κ3) is 2.05. The highest BCUT2D eigenvalue weighted by molar-refractivity contribution is 5.94. The molecule has 0 unspecified atom stereocenters. The molecule has 0 aromatic carbocycles. The Labute approximate surface area is 110 Å². The molecule has 3 N–H and O–H groups in total. The lowest BCUT2D eigenvalue weighted by molar-refractivity contribution is 0.0697. The zero-order valence-electron chi connectivity index (χ0n) is 11.4. The van der Waals surface area contributed by atoms with E-state index in [0.717, 1.165) is 16.8 Å². The Morgan fingerprint density at radius 3 is 2.37 bits per heavy atom. The number of carbonyl (C=O) groups is 1. The van der Waals surface area contributed by atoms with E-state index in [-0.39, 0.29) is 11.4 Å². The number of hydrogen-bond acceptors (Lipinski definition) is 4. The van der Waals surface area contributed by atoms with Crippen LogP contribution in [-0.2, 0) is 0 Å². The third-order valence-corrected chi connectivity index (χ3v) is 3.14. The van der Waals surface area contributed by atoms with Crippen LogP contribution in [0.25, 0.3) is 5.82 Å². The molecule has 0 saturated heterocycles. The predicted octanol–water partition coefficient (Wildman–Crippen LogP) is 1.78. The van der Waals surface area contributed by atoms with Gasteiger partial charge in [0.05, 0.1) is 5.69 Å². The highest BCUT2D eigenvalue weighted by Gasteiger charge is 2.21. The first-order valence-electron chi connectivity index (χ1n) is 5.86. The molecule has 0 aliphatic heterocycles. The van der Waals surface area contributed by atoms with E-state index < -0.39 is 5.97 Å². The lowest BCUT2D eigenvalue weighted by atomic mass is 10.1. The van der Waals surface area contributed by atoms with E-state index in [2.05, 4.69) is 10.1 Å². The molecule has 2 aromatic heterocycles. The minimum Gasteiger partial charge on any atom is -0.477 e. The number of pyridine rings is 1. The molecule has 6 heteroatoms. The van der Waals surface area contributed by atoms with Crippen molar-refractivity contribution in [3.05, 3.63) is 34.1 Å². The lowest BCUT2D eigenvalue weighted by Gasteiger charge is -2.10. The molecule has 0 fully saturated rings. The lowest BCUT2D eigenvalue weighted by Crippen LogP contribution is -2.09. The molecule has 0 radical (unpaired) electrons. The van der Waals surface area contributed by atoms with Crippen LogP contribution in [0.15, 0.2) is 6.07 Å². The second-order valence-corrected chi connectivity index (χ2v) is 4.59. The van der Waals surface area contributed by atoms with Gasteiger partial charge in [-0.05, 0) is 38.8 Å². The Morgan fingerprint density at radius 1 is 1.21 bits per heavy atom. The maximum atomic E-state index is 11.1. The molecule has 2 heterocycles. The number of nitrogens with zero attached hydrogens (tertiary/aromatic N) is 3. The number of nitrogens with two attached hydrogens (primary N) is 1. The van der Waals surface area contributed by atoms with Gasteiger partial charge in [0.15, 0.2) is 5.82 Å². The summed E-state index contributed by atoms with van der Waals surface area (Å²) in [5.74, 6) is -0.414. The summed E-state index contributed by atoms with van der Waals surface area (Å²) in [7, 11) is 0. The standard InChI is InChI=1S/C13H16N4O2/c1-6-5-7(2)12(15-8(6)3)17-11(14)10(13(18)19)9(4)16-17/h5H,14H2,1-4H3,(H,18,19). The van der Waals surface area contributed by atoms with Crippen LogP contribution < -0.4 is 5.73 Å². The zero-order chi connectivity index (χ0) is 14.3. The molecule has 6 nitrogen and oxygen atoms in total. The predicted molar refractivity (Wildman–Crippen MR) is 71.7 cm³/mol. The Balaban J connectivity index is 2.70. The third-order valence-electron chi connectivity index (χ3n) is 3.14. The van der Waals surface area contributed by atoms with Gasteiger partial charge in [-0.2, -0.15) is 9.78 Å². The molecule has 0 bridgehead atoms. The van der Waals surface area contributed by atoms with Crippen LogP contribution in [0.5, 0.6) is 0 Å². The van der Waals surface area contributed by atoms with Crippen LogP contribution in [-0.4, -0.2) is 25.8 Å². The summed E-state index contributed by atoms with van der Waals surface area (Å²) >= 11 is 0. The Hall–Kier alpha value is -2.37. The topological polar surface area (TPSA) is 94.0 Å². The fraction of sp³-hybridized carbons (Fsp3) is 0.308. The minimum atomic E-state index is -1.08. The van der Waals surface area contributed by atoms with Crippen molar-refractivity contribution in [2.45, 2.75) is 27.7 Å². The summed E-state index contributed by atoms with van der Waals surface area (Å²) in [5.41, 5.74) is 9.11. The monoisotopic (exact) mass is 260 g/mol. The summed E-state index contributed by atoms with van der Waals surface area (Å²) < 4.78 is 1.39. The smallest absolute Gasteiger partial charge is 0.341 e. The van der Waals surface area contributed by atoms with E-state index in [4.69, 9.17) is 10.8 Å². The maximum absolute atomic E-state index is 11.1. The van der Waals surface area contributed by atoms with Crippen molar-refractivity contribution >= 4 is 11.8 Å². The number of carboxylic acid groups (broad SMARTS) is 1. The average Bonchev–Trinajstić information content (AvgIpc) is 2.59. The van der Waals surface area contributed by atoms with Gasteiger partial charge in [-0.15, -0.1) is 0 Å². The van der Waals surface area contributed by atoms with E-state index in [1.807, 2.05) is 26.8 Å². The van der Waals surface area contributed by atoms with Gasteiger partial charge in [0, 0.05) is 5.69 Å². The summed E-state index contributed by atoms with van der Waals surface area (Å²) in [6, 6.07) is 1.98. The summed E-state index contributed by atoms with van der Waals surface area (Å²) in [6.45, 7) is 7.38. The first-order valence-corrected chi connectivity index (χ1v) is 5.86. The van der Waals surface area contributed by atoms with Crippen molar-refractivity contribution in [1.82, 2.24) is 14.8 Å². The molecule has 100 valence electrons. The fourth-order valence-corrected chi connectivity index (χ4v) is 2.01. The van der Waals surface area contributed by atoms with E-state index in [1.165, 1.54) is 4.68 Å². The van der Waals surface area contributed by atoms with Gasteiger partial charge in [0.2, 0.25) is 0 Å². The molecular weight excluding hydrogens is 244 g/mol. The number of rotatable bonds is 2. The van der Waals surface area contributed by atoms with Crippen molar-refractivity contribution in [2.24, 2.45) is 0 Å². The number of aromatic nitrogens is 3. The van der Waals surface area contributed by atoms with Gasteiger partial charge in [0.1, 0.15) is 11.4 Å². The largest absolute Gasteiger partial charge is 0.477 e. The second kappa shape index (κ2) is 4.38. The van der Waals surface area contributed by atoms with Gasteiger partial charge >= 0.3 is 5.97 Å². The summed E-state index contributed by atoms with van der Waals surface area (Å²) in [5, 5.41) is 13.3. The van der Waals surface area contributed by atoms with Crippen molar-refractivity contribution in [3.63, 3.8) is 0 Å². The Kier molecular flexibility index (Phi) is 3.01. The Bertz CT molecular complexity index is 674. The van der Waals surface area contributed by atoms with E-state index >= 15 is 0 Å². The number of aryl methyl sites for hydroxylation is 4. The molecule has 0 atom stereocenters. The van der Waals surface area contributed by atoms with Gasteiger partial charge in [-0.3, -0.25) is 0 Å². The molecule has 0 aliphatic rings. The van der Waals surface area contributed by atoms with Crippen molar-refractivity contribution in [1.29, 1.82) is 0 Å². The molecule has 2 rings (SSSR count). The molecule has 0 saturated carbocycles. The van der Waals surface area contributed by atoms with Crippen molar-refractivity contribution < 1.29 is 9.90 Å². The number of anilines is 1. The molecule has 0 aliphatic carbocycles. The molecule has 0 spiro atoms. The number of hydrogen-bond donors (Lipinski definition) is 2. The molecular formula is C13H16N4O2. The van der Waals surface area contributed by atoms with Crippen molar-refractivity contribution in [2.75, 3.05) is 5.73 Å². The molecule has 0 amide bonds. The van der Waals surface area contributed by atoms with Gasteiger partial charge in [0.25, 0.3) is 0 Å². The maximum Gasteiger partial charge on any atom is 0.341 e. The quantitative estimate of drug-likeness (QED) is 0.858. The second-order valence-electron chi connectivity index (χ2n) is 4.59. The highest BCUT2D eigenvalue weighted by Crippen LogP contribution is 2.22. The summed E-state index contributed by atoms with van der Waals surface area (Å²) in [4.78, 5) is 15.6. The zero-order valence-corrected chi connectivity index (χ0v) is 11.4. The van der Waals surface area contributed by atoms with Crippen LogP contribution in [0.2, 0.25) is 0 Å². The first-order chi connectivity index (χ1) is 8.82. The molecule has 19 heavy (non-hydrogen) atoms. The summed E-state index contributed by atoms with van der Waals surface area (Å²) in [6.07, 6.45) is 0. The van der Waals surface area contributed by atoms with Crippen molar-refractivity contribution in [3.8, 4) is 5.82 Å². The highest BCUT2D eigenvalue weighted by atomic mass is 16.4. The number of aromatic carboxylic acids is 1. The van der Waals surface area contributed by atoms with Crippen LogP contribution in [0.1, 0.15) is 32.9 Å². The van der Waals surface area contributed by atoms with E-state index in [1.54, 1.807) is 6.92 Å². The fourth-order valence-electron chi connectivity index (χ4n) is 2.01. The van der Waals surface area contributed by atoms with Gasteiger partial charge in [-0.1, -0.05) is 6.07 Å². The normalized spacial score (nSPS) is 10.7. The molecule has 2 aromatic rings.